The molecular weight excluding hydrogens is 337 g/mol. The Hall–Kier alpha value is -2.14. The van der Waals surface area contributed by atoms with E-state index >= 15 is 0 Å². The molecule has 0 aliphatic rings. The van der Waals surface area contributed by atoms with Crippen molar-refractivity contribution in [2.24, 2.45) is 0 Å². The van der Waals surface area contributed by atoms with Gasteiger partial charge in [0.2, 0.25) is 0 Å². The third-order valence-electron chi connectivity index (χ3n) is 2.82. The highest BCUT2D eigenvalue weighted by atomic mass is 32.2. The molecule has 11 heteroatoms. The van der Waals surface area contributed by atoms with Crippen LogP contribution < -0.4 is 4.68 Å². The first-order chi connectivity index (χ1) is 10.7. The Bertz CT molecular complexity index is 779. The summed E-state index contributed by atoms with van der Waals surface area (Å²) in [5.41, 5.74) is -0.753. The van der Waals surface area contributed by atoms with Crippen molar-refractivity contribution in [1.29, 1.82) is 0 Å². The van der Waals surface area contributed by atoms with Crippen LogP contribution in [0.5, 0.6) is 0 Å². The topological polar surface area (TPSA) is 85.9 Å². The monoisotopic (exact) mass is 349 g/mol. The van der Waals surface area contributed by atoms with Crippen molar-refractivity contribution in [2.45, 2.75) is 12.7 Å². The maximum absolute atomic E-state index is 12.6. The highest BCUT2D eigenvalue weighted by molar-refractivity contribution is 7.86. The second-order valence-electron chi connectivity index (χ2n) is 4.39. The van der Waals surface area contributed by atoms with Crippen LogP contribution in [0.4, 0.5) is 13.2 Å². The van der Waals surface area contributed by atoms with E-state index in [4.69, 9.17) is 0 Å². The molecule has 0 saturated heterocycles. The van der Waals surface area contributed by atoms with Crippen LogP contribution in [-0.4, -0.2) is 36.3 Å². The molecule has 124 valence electrons. The minimum atomic E-state index is -4.58. The van der Waals surface area contributed by atoms with Crippen molar-refractivity contribution in [3.8, 4) is 11.3 Å². The average Bonchev–Trinajstić information content (AvgIpc) is 2.53. The zero-order valence-corrected chi connectivity index (χ0v) is 12.7. The lowest BCUT2D eigenvalue weighted by atomic mass is 10.2. The van der Waals surface area contributed by atoms with Crippen molar-refractivity contribution in [3.05, 3.63) is 36.5 Å². The number of hydrogen-bond donors (Lipinski definition) is 0. The first kappa shape index (κ1) is 17.2. The zero-order valence-electron chi connectivity index (χ0n) is 11.9. The van der Waals surface area contributed by atoms with Gasteiger partial charge in [-0.1, -0.05) is 4.68 Å². The van der Waals surface area contributed by atoms with E-state index in [1.807, 2.05) is 0 Å². The highest BCUT2D eigenvalue weighted by Crippen LogP contribution is 2.28. The first-order valence-electron chi connectivity index (χ1n) is 6.25. The lowest BCUT2D eigenvalue weighted by Gasteiger charge is -2.06. The van der Waals surface area contributed by atoms with Gasteiger partial charge in [-0.2, -0.15) is 21.6 Å². The van der Waals surface area contributed by atoms with Crippen molar-refractivity contribution >= 4 is 10.1 Å². The van der Waals surface area contributed by atoms with Crippen molar-refractivity contribution in [2.75, 3.05) is 12.9 Å². The molecule has 2 heterocycles. The standard InChI is InChI=1S/C12H12F3N4O3S/c1-22-23(20,21)5-4-19-3-2-9(6-17-19)10-7-16-8-11(18-10)12(13,14)15/h2-3,6-8H,4-5H2,1H3/q+1. The lowest BCUT2D eigenvalue weighted by molar-refractivity contribution is -0.750. The second kappa shape index (κ2) is 6.54. The Morgan fingerprint density at radius 3 is 2.57 bits per heavy atom. The molecule has 2 aromatic heterocycles. The van der Waals surface area contributed by atoms with E-state index in [1.165, 1.54) is 29.3 Å². The molecule has 0 bridgehead atoms. The van der Waals surface area contributed by atoms with Crippen LogP contribution in [0.2, 0.25) is 0 Å². The van der Waals surface area contributed by atoms with E-state index in [9.17, 15) is 21.6 Å². The number of aromatic nitrogens is 4. The van der Waals surface area contributed by atoms with Gasteiger partial charge >= 0.3 is 6.18 Å². The van der Waals surface area contributed by atoms with E-state index in [0.717, 1.165) is 7.11 Å². The molecule has 0 spiro atoms. The van der Waals surface area contributed by atoms with E-state index in [2.05, 4.69) is 19.2 Å². The SMILES string of the molecule is COS(=O)(=O)CC[n+]1ccc(-c2cncc(C(F)(F)F)n2)cn1. The van der Waals surface area contributed by atoms with Gasteiger partial charge in [0.05, 0.1) is 25.2 Å². The molecule has 7 nitrogen and oxygen atoms in total. The van der Waals surface area contributed by atoms with E-state index < -0.39 is 22.0 Å². The van der Waals surface area contributed by atoms with Gasteiger partial charge in [-0.15, -0.1) is 0 Å². The number of nitrogens with zero attached hydrogens (tertiary/aromatic N) is 4. The molecule has 0 N–H and O–H groups in total. The number of aryl methyl sites for hydroxylation is 1. The van der Waals surface area contributed by atoms with Crippen LogP contribution in [0.1, 0.15) is 5.69 Å². The highest BCUT2D eigenvalue weighted by Gasteiger charge is 2.33. The number of hydrogen-bond acceptors (Lipinski definition) is 6. The second-order valence-corrected chi connectivity index (χ2v) is 6.25. The lowest BCUT2D eigenvalue weighted by Crippen LogP contribution is -2.40. The van der Waals surface area contributed by atoms with Gasteiger partial charge in [-0.05, 0) is 5.10 Å². The maximum Gasteiger partial charge on any atom is 0.434 e. The Labute approximate surface area is 129 Å². The Morgan fingerprint density at radius 2 is 2.00 bits per heavy atom. The van der Waals surface area contributed by atoms with E-state index in [-0.39, 0.29) is 18.0 Å². The summed E-state index contributed by atoms with van der Waals surface area (Å²) in [6.07, 6.45) is -0.0483. The van der Waals surface area contributed by atoms with Gasteiger partial charge in [0.15, 0.2) is 18.4 Å². The summed E-state index contributed by atoms with van der Waals surface area (Å²) in [6, 6.07) is 1.47. The summed E-state index contributed by atoms with van der Waals surface area (Å²) in [6.45, 7) is 0.0464. The van der Waals surface area contributed by atoms with Gasteiger partial charge in [-0.3, -0.25) is 9.17 Å². The molecular formula is C12H12F3N4O3S+. The fourth-order valence-corrected chi connectivity index (χ4v) is 2.18. The Morgan fingerprint density at radius 1 is 1.26 bits per heavy atom. The largest absolute Gasteiger partial charge is 0.434 e. The smallest absolute Gasteiger partial charge is 0.273 e. The summed E-state index contributed by atoms with van der Waals surface area (Å²) < 4.78 is 65.8. The summed E-state index contributed by atoms with van der Waals surface area (Å²) >= 11 is 0. The average molecular weight is 349 g/mol. The quantitative estimate of drug-likeness (QED) is 0.587. The minimum Gasteiger partial charge on any atom is -0.273 e. The minimum absolute atomic E-state index is 0.0176. The zero-order chi connectivity index (χ0) is 17.1. The van der Waals surface area contributed by atoms with Crippen LogP contribution in [0.3, 0.4) is 0 Å². The summed E-state index contributed by atoms with van der Waals surface area (Å²) in [5, 5.41) is 3.93. The van der Waals surface area contributed by atoms with Gasteiger partial charge in [0.1, 0.15) is 11.9 Å². The molecule has 0 radical (unpaired) electrons. The molecule has 0 atom stereocenters. The summed E-state index contributed by atoms with van der Waals surface area (Å²) in [5.74, 6) is -0.274. The van der Waals surface area contributed by atoms with Gasteiger partial charge in [0, 0.05) is 11.6 Å². The molecule has 23 heavy (non-hydrogen) atoms. The molecule has 2 aromatic rings. The van der Waals surface area contributed by atoms with Crippen molar-refractivity contribution < 1.29 is 30.5 Å². The molecule has 0 unspecified atom stereocenters. The maximum atomic E-state index is 12.6. The molecule has 0 saturated carbocycles. The fourth-order valence-electron chi connectivity index (χ4n) is 1.60. The van der Waals surface area contributed by atoms with E-state index in [1.54, 1.807) is 0 Å². The number of rotatable bonds is 5. The van der Waals surface area contributed by atoms with Crippen LogP contribution in [0.25, 0.3) is 11.3 Å². The molecule has 2 rings (SSSR count). The molecule has 0 aliphatic heterocycles. The van der Waals surface area contributed by atoms with Crippen molar-refractivity contribution in [1.82, 2.24) is 15.1 Å². The predicted octanol–water partition coefficient (Wildman–Crippen LogP) is 0.821. The van der Waals surface area contributed by atoms with Crippen LogP contribution >= 0.6 is 0 Å². The van der Waals surface area contributed by atoms with Gasteiger partial charge < -0.3 is 0 Å². The van der Waals surface area contributed by atoms with Gasteiger partial charge in [-0.25, -0.2) is 4.98 Å². The van der Waals surface area contributed by atoms with Crippen molar-refractivity contribution in [3.63, 3.8) is 0 Å². The third kappa shape index (κ3) is 4.66. The molecule has 0 fully saturated rings. The summed E-state index contributed by atoms with van der Waals surface area (Å²) in [4.78, 5) is 7.01. The normalized spacial score (nSPS) is 12.3. The third-order valence-corrected chi connectivity index (χ3v) is 4.01. The molecule has 0 aliphatic carbocycles. The molecule has 0 amide bonds. The van der Waals surface area contributed by atoms with Crippen LogP contribution in [0.15, 0.2) is 30.9 Å². The number of alkyl halides is 3. The Balaban J connectivity index is 2.17. The Kier molecular flexibility index (Phi) is 4.90. The van der Waals surface area contributed by atoms with Gasteiger partial charge in [0.25, 0.3) is 10.1 Å². The van der Waals surface area contributed by atoms with Crippen LogP contribution in [-0.2, 0) is 27.0 Å². The van der Waals surface area contributed by atoms with E-state index in [0.29, 0.717) is 11.8 Å². The number of halogens is 3. The summed E-state index contributed by atoms with van der Waals surface area (Å²) in [7, 11) is -2.55. The van der Waals surface area contributed by atoms with Crippen LogP contribution in [0, 0.1) is 0 Å². The predicted molar refractivity (Wildman–Crippen MR) is 71.3 cm³/mol. The first-order valence-corrected chi connectivity index (χ1v) is 7.83. The fraction of sp³-hybridized carbons (Fsp3) is 0.333. The molecule has 0 aromatic carbocycles.